The van der Waals surface area contributed by atoms with Crippen molar-refractivity contribution in [2.45, 2.75) is 6.54 Å². The first-order valence-electron chi connectivity index (χ1n) is 6.88. The summed E-state index contributed by atoms with van der Waals surface area (Å²) in [4.78, 5) is 15.8. The first-order valence-corrected chi connectivity index (χ1v) is 8.73. The Balaban J connectivity index is 1.99. The molecule has 2 aromatic rings. The predicted octanol–water partition coefficient (Wildman–Crippen LogP) is 2.86. The summed E-state index contributed by atoms with van der Waals surface area (Å²) in [5, 5.41) is 0. The number of carbonyl (C=O) groups is 1. The Hall–Kier alpha value is -2.31. The summed E-state index contributed by atoms with van der Waals surface area (Å²) in [6, 6.07) is 20.0. The minimum atomic E-state index is -0.0576. The predicted molar refractivity (Wildman–Crippen MR) is 91.7 cm³/mol. The molecule has 22 heavy (non-hydrogen) atoms. The molecule has 0 radical (unpaired) electrons. The van der Waals surface area contributed by atoms with Crippen molar-refractivity contribution in [1.29, 1.82) is 0 Å². The minimum absolute atomic E-state index is 0.0576. The van der Waals surface area contributed by atoms with Crippen LogP contribution >= 0.6 is 0 Å². The average molecular weight is 354 g/mol. The average Bonchev–Trinajstić information content (AvgIpc) is 2.56. The number of nitrogens with zero attached hydrogens (tertiary/aromatic N) is 1. The third-order valence-electron chi connectivity index (χ3n) is 2.88. The summed E-state index contributed by atoms with van der Waals surface area (Å²) in [5.74, 6) is -0.0576. The van der Waals surface area contributed by atoms with Crippen molar-refractivity contribution in [3.05, 3.63) is 95.8 Å². The van der Waals surface area contributed by atoms with E-state index in [1.165, 1.54) is 4.46 Å². The van der Waals surface area contributed by atoms with Crippen molar-refractivity contribution in [1.82, 2.24) is 4.90 Å². The Labute approximate surface area is 137 Å². The van der Waals surface area contributed by atoms with Gasteiger partial charge in [0.05, 0.1) is 0 Å². The summed E-state index contributed by atoms with van der Waals surface area (Å²) in [6.07, 6.45) is 3.22. The Morgan fingerprint density at radius 1 is 1.09 bits per heavy atom. The van der Waals surface area contributed by atoms with E-state index in [0.29, 0.717) is 6.54 Å². The molecule has 0 N–H and O–H groups in total. The van der Waals surface area contributed by atoms with Gasteiger partial charge in [-0.25, -0.2) is 0 Å². The molecule has 2 aromatic carbocycles. The molecule has 0 unspecified atom stereocenters. The Bertz CT molecular complexity index is 673. The van der Waals surface area contributed by atoms with E-state index in [1.807, 2.05) is 53.5 Å². The van der Waals surface area contributed by atoms with Crippen molar-refractivity contribution < 1.29 is 4.79 Å². The first kappa shape index (κ1) is 16.1. The van der Waals surface area contributed by atoms with Crippen LogP contribution in [0.15, 0.2) is 90.2 Å². The summed E-state index contributed by atoms with van der Waals surface area (Å²) < 4.78 is 1.24. The fourth-order valence-corrected chi connectivity index (χ4v) is 3.22. The maximum atomic E-state index is 12.3. The van der Waals surface area contributed by atoms with E-state index in [-0.39, 0.29) is 20.9 Å². The fourth-order valence-electron chi connectivity index (χ4n) is 1.84. The Morgan fingerprint density at radius 2 is 1.73 bits per heavy atom. The molecule has 0 atom stereocenters. The van der Waals surface area contributed by atoms with Crippen molar-refractivity contribution in [3.8, 4) is 0 Å². The molecule has 0 heterocycles. The summed E-state index contributed by atoms with van der Waals surface area (Å²) in [5.41, 5.74) is 3.75. The van der Waals surface area contributed by atoms with Crippen LogP contribution in [0.25, 0.3) is 0 Å². The normalized spacial score (nSPS) is 10.2. The molecule has 1 amide bonds. The van der Waals surface area contributed by atoms with Gasteiger partial charge in [0.25, 0.3) is 0 Å². The molecular weight excluding hydrogens is 337 g/mol. The van der Waals surface area contributed by atoms with Crippen LogP contribution in [0, 0.1) is 0 Å². The number of rotatable bonds is 6. The van der Waals surface area contributed by atoms with Crippen LogP contribution in [0.4, 0.5) is 0 Å². The number of amides is 1. The molecule has 0 fully saturated rings. The molecule has 3 heteroatoms. The molecule has 0 aliphatic carbocycles. The monoisotopic (exact) mass is 355 g/mol. The standard InChI is InChI=1S/C19H17NOSe/c1-2-14-20(16-17-9-5-3-6-10-17)19(21)13-15-22-18-11-7-4-8-12-18/h3-15H,1,16H2/b15-13-. The molecule has 0 aliphatic heterocycles. The quantitative estimate of drug-likeness (QED) is 0.444. The van der Waals surface area contributed by atoms with Gasteiger partial charge in [0.15, 0.2) is 0 Å². The molecule has 0 aliphatic rings. The van der Waals surface area contributed by atoms with Crippen molar-refractivity contribution in [2.75, 3.05) is 0 Å². The van der Waals surface area contributed by atoms with Crippen molar-refractivity contribution in [3.63, 3.8) is 0 Å². The van der Waals surface area contributed by atoms with Gasteiger partial charge >= 0.3 is 137 Å². The summed E-state index contributed by atoms with van der Waals surface area (Å²) >= 11 is 0.160. The van der Waals surface area contributed by atoms with E-state index in [0.717, 1.165) is 5.56 Å². The molecule has 0 saturated carbocycles. The molecule has 0 saturated heterocycles. The zero-order valence-electron chi connectivity index (χ0n) is 12.2. The molecule has 2 rings (SSSR count). The van der Waals surface area contributed by atoms with Gasteiger partial charge < -0.3 is 0 Å². The molecule has 2 nitrogen and oxygen atoms in total. The van der Waals surface area contributed by atoms with E-state index in [4.69, 9.17) is 0 Å². The van der Waals surface area contributed by atoms with Crippen LogP contribution in [-0.4, -0.2) is 25.8 Å². The number of hydrogen-bond acceptors (Lipinski definition) is 1. The van der Waals surface area contributed by atoms with E-state index >= 15 is 0 Å². The Morgan fingerprint density at radius 3 is 2.36 bits per heavy atom. The molecule has 0 spiro atoms. The summed E-state index contributed by atoms with van der Waals surface area (Å²) in [6.45, 7) is 4.08. The second kappa shape index (κ2) is 8.86. The topological polar surface area (TPSA) is 20.3 Å². The van der Waals surface area contributed by atoms with E-state index in [2.05, 4.69) is 24.4 Å². The van der Waals surface area contributed by atoms with Gasteiger partial charge in [0.1, 0.15) is 0 Å². The number of benzene rings is 2. The zero-order valence-corrected chi connectivity index (χ0v) is 13.9. The van der Waals surface area contributed by atoms with Crippen LogP contribution in [0.5, 0.6) is 0 Å². The Kier molecular flexibility index (Phi) is 6.47. The van der Waals surface area contributed by atoms with E-state index in [9.17, 15) is 4.79 Å². The van der Waals surface area contributed by atoms with E-state index in [1.54, 1.807) is 17.2 Å². The number of carbonyl (C=O) groups excluding carboxylic acids is 1. The zero-order chi connectivity index (χ0) is 15.6. The van der Waals surface area contributed by atoms with Crippen LogP contribution < -0.4 is 4.46 Å². The molecule has 0 bridgehead atoms. The van der Waals surface area contributed by atoms with Gasteiger partial charge in [-0.05, 0) is 0 Å². The van der Waals surface area contributed by atoms with Gasteiger partial charge in [-0.1, -0.05) is 0 Å². The van der Waals surface area contributed by atoms with Crippen LogP contribution in [0.1, 0.15) is 5.56 Å². The maximum absolute atomic E-state index is 12.3. The second-order valence-electron chi connectivity index (χ2n) is 4.52. The molecule has 0 aromatic heterocycles. The van der Waals surface area contributed by atoms with E-state index < -0.39 is 0 Å². The molecular formula is C19H17NOSe. The van der Waals surface area contributed by atoms with Gasteiger partial charge in [-0.15, -0.1) is 0 Å². The second-order valence-corrected chi connectivity index (χ2v) is 6.57. The SMILES string of the molecule is C=C=CN(Cc1ccccc1)C(=O)/C=C\[Se]c1ccccc1. The van der Waals surface area contributed by atoms with Gasteiger partial charge in [0, 0.05) is 0 Å². The first-order chi connectivity index (χ1) is 10.8. The molecule has 110 valence electrons. The van der Waals surface area contributed by atoms with Crippen molar-refractivity contribution in [2.24, 2.45) is 0 Å². The van der Waals surface area contributed by atoms with Gasteiger partial charge in [0.2, 0.25) is 0 Å². The van der Waals surface area contributed by atoms with Crippen molar-refractivity contribution >= 4 is 25.3 Å². The fraction of sp³-hybridized carbons (Fsp3) is 0.0526. The van der Waals surface area contributed by atoms with Crippen LogP contribution in [-0.2, 0) is 11.3 Å². The third-order valence-corrected chi connectivity index (χ3v) is 4.60. The summed E-state index contributed by atoms with van der Waals surface area (Å²) in [7, 11) is 0. The number of hydrogen-bond donors (Lipinski definition) is 0. The van der Waals surface area contributed by atoms with Crippen LogP contribution in [0.3, 0.4) is 0 Å². The van der Waals surface area contributed by atoms with Crippen LogP contribution in [0.2, 0.25) is 0 Å². The van der Waals surface area contributed by atoms with Gasteiger partial charge in [-0.3, -0.25) is 0 Å². The van der Waals surface area contributed by atoms with Gasteiger partial charge in [-0.2, -0.15) is 0 Å². The third kappa shape index (κ3) is 5.23.